The van der Waals surface area contributed by atoms with E-state index in [0.717, 1.165) is 31.7 Å². The summed E-state index contributed by atoms with van der Waals surface area (Å²) < 4.78 is 5.63. The molecule has 1 amide bonds. The van der Waals surface area contributed by atoms with Gasteiger partial charge in [-0.25, -0.2) is 0 Å². The summed E-state index contributed by atoms with van der Waals surface area (Å²) in [4.78, 5) is 11.8. The third-order valence-corrected chi connectivity index (χ3v) is 3.85. The number of hydrogen-bond acceptors (Lipinski definition) is 3. The summed E-state index contributed by atoms with van der Waals surface area (Å²) in [5.41, 5.74) is 1.30. The van der Waals surface area contributed by atoms with Gasteiger partial charge < -0.3 is 15.4 Å². The van der Waals surface area contributed by atoms with Crippen molar-refractivity contribution >= 4 is 5.91 Å². The van der Waals surface area contributed by atoms with E-state index in [2.05, 4.69) is 36.6 Å². The number of hydrogen-bond donors (Lipinski definition) is 2. The Bertz CT molecular complexity index is 437. The van der Waals surface area contributed by atoms with Crippen LogP contribution in [0.3, 0.4) is 0 Å². The van der Waals surface area contributed by atoms with E-state index in [1.165, 1.54) is 5.56 Å². The average Bonchev–Trinajstić information content (AvgIpc) is 2.49. The Morgan fingerprint density at radius 1 is 1.29 bits per heavy atom. The van der Waals surface area contributed by atoms with Crippen molar-refractivity contribution < 1.29 is 9.53 Å². The van der Waals surface area contributed by atoms with Gasteiger partial charge in [-0.3, -0.25) is 4.79 Å². The molecule has 0 radical (unpaired) electrons. The Kier molecular flexibility index (Phi) is 6.05. The van der Waals surface area contributed by atoms with Crippen LogP contribution in [0, 0.1) is 0 Å². The Labute approximate surface area is 127 Å². The molecule has 0 unspecified atom stereocenters. The highest BCUT2D eigenvalue weighted by atomic mass is 16.5. The molecule has 0 bridgehead atoms. The molecule has 1 heterocycles. The van der Waals surface area contributed by atoms with E-state index in [1.807, 2.05) is 12.1 Å². The number of rotatable bonds is 6. The second-order valence-corrected chi connectivity index (χ2v) is 5.91. The minimum atomic E-state index is 0.0840. The summed E-state index contributed by atoms with van der Waals surface area (Å²) in [6, 6.07) is 8.42. The highest BCUT2D eigenvalue weighted by Gasteiger charge is 2.15. The molecule has 1 aliphatic rings. The molecule has 21 heavy (non-hydrogen) atoms. The second-order valence-electron chi connectivity index (χ2n) is 5.91. The third kappa shape index (κ3) is 5.38. The van der Waals surface area contributed by atoms with Crippen LogP contribution in [0.2, 0.25) is 0 Å². The maximum Gasteiger partial charge on any atom is 0.223 e. The number of nitrogens with one attached hydrogen (secondary N) is 2. The third-order valence-electron chi connectivity index (χ3n) is 3.85. The molecule has 0 aromatic heterocycles. The molecule has 4 heteroatoms. The lowest BCUT2D eigenvalue weighted by Gasteiger charge is -2.23. The van der Waals surface area contributed by atoms with Gasteiger partial charge in [0.25, 0.3) is 0 Å². The van der Waals surface area contributed by atoms with E-state index >= 15 is 0 Å². The number of piperidine rings is 1. The summed E-state index contributed by atoms with van der Waals surface area (Å²) >= 11 is 0. The van der Waals surface area contributed by atoms with Crippen LogP contribution in [0.25, 0.3) is 0 Å². The van der Waals surface area contributed by atoms with Gasteiger partial charge in [-0.1, -0.05) is 26.0 Å². The molecule has 2 rings (SSSR count). The van der Waals surface area contributed by atoms with Gasteiger partial charge in [0.05, 0.1) is 13.0 Å². The number of amides is 1. The first-order valence-corrected chi connectivity index (χ1v) is 7.88. The Balaban J connectivity index is 1.67. The first kappa shape index (κ1) is 15.8. The van der Waals surface area contributed by atoms with Gasteiger partial charge in [0.15, 0.2) is 0 Å². The molecule has 2 N–H and O–H groups in total. The zero-order valence-electron chi connectivity index (χ0n) is 13.0. The second kappa shape index (κ2) is 8.03. The van der Waals surface area contributed by atoms with Crippen molar-refractivity contribution in [2.45, 2.75) is 45.1 Å². The summed E-state index contributed by atoms with van der Waals surface area (Å²) in [5.74, 6) is 1.43. The van der Waals surface area contributed by atoms with Gasteiger partial charge >= 0.3 is 0 Å². The highest BCUT2D eigenvalue weighted by Crippen LogP contribution is 2.18. The maximum absolute atomic E-state index is 11.8. The van der Waals surface area contributed by atoms with Crippen LogP contribution in [-0.2, 0) is 4.79 Å². The van der Waals surface area contributed by atoms with E-state index in [1.54, 1.807) is 0 Å². The first-order chi connectivity index (χ1) is 10.1. The minimum Gasteiger partial charge on any atom is -0.493 e. The molecule has 4 nitrogen and oxygen atoms in total. The van der Waals surface area contributed by atoms with Crippen molar-refractivity contribution in [1.82, 2.24) is 10.6 Å². The molecule has 116 valence electrons. The molecule has 0 spiro atoms. The largest absolute Gasteiger partial charge is 0.493 e. The molecule has 1 aromatic rings. The van der Waals surface area contributed by atoms with E-state index in [9.17, 15) is 4.79 Å². The average molecular weight is 290 g/mol. The van der Waals surface area contributed by atoms with E-state index < -0.39 is 0 Å². The standard InChI is InChI=1S/C17H26N2O2/c1-13(2)14-3-5-16(6-4-14)21-12-9-17(20)19-15-7-10-18-11-8-15/h3-6,13,15,18H,7-12H2,1-2H3,(H,19,20). The lowest BCUT2D eigenvalue weighted by Crippen LogP contribution is -2.43. The van der Waals surface area contributed by atoms with Gasteiger partial charge in [-0.15, -0.1) is 0 Å². The topological polar surface area (TPSA) is 50.4 Å². The van der Waals surface area contributed by atoms with Crippen molar-refractivity contribution in [3.63, 3.8) is 0 Å². The SMILES string of the molecule is CC(C)c1ccc(OCCC(=O)NC2CCNCC2)cc1. The molecule has 0 aliphatic carbocycles. The highest BCUT2D eigenvalue weighted by molar-refractivity contribution is 5.76. The van der Waals surface area contributed by atoms with Crippen LogP contribution in [0.15, 0.2) is 24.3 Å². The van der Waals surface area contributed by atoms with Crippen molar-refractivity contribution in [2.75, 3.05) is 19.7 Å². The fourth-order valence-electron chi connectivity index (χ4n) is 2.48. The van der Waals surface area contributed by atoms with Crippen LogP contribution < -0.4 is 15.4 Å². The molecule has 1 fully saturated rings. The number of benzene rings is 1. The molecule has 1 saturated heterocycles. The van der Waals surface area contributed by atoms with Crippen molar-refractivity contribution in [3.05, 3.63) is 29.8 Å². The Hall–Kier alpha value is -1.55. The van der Waals surface area contributed by atoms with Crippen molar-refractivity contribution in [3.8, 4) is 5.75 Å². The molecule has 1 aromatic carbocycles. The normalized spacial score (nSPS) is 16.0. The number of carbonyl (C=O) groups excluding carboxylic acids is 1. The number of ether oxygens (including phenoxy) is 1. The van der Waals surface area contributed by atoms with E-state index in [0.29, 0.717) is 25.0 Å². The van der Waals surface area contributed by atoms with E-state index in [-0.39, 0.29) is 5.91 Å². The smallest absolute Gasteiger partial charge is 0.223 e. The van der Waals surface area contributed by atoms with Gasteiger partial charge in [0, 0.05) is 6.04 Å². The summed E-state index contributed by atoms with van der Waals surface area (Å²) in [5, 5.41) is 6.36. The molecular formula is C17H26N2O2. The quantitative estimate of drug-likeness (QED) is 0.846. The van der Waals surface area contributed by atoms with Crippen molar-refractivity contribution in [1.29, 1.82) is 0 Å². The summed E-state index contributed by atoms with van der Waals surface area (Å²) in [7, 11) is 0. The van der Waals surface area contributed by atoms with Crippen LogP contribution in [0.5, 0.6) is 5.75 Å². The lowest BCUT2D eigenvalue weighted by atomic mass is 10.0. The molecule has 0 atom stereocenters. The first-order valence-electron chi connectivity index (χ1n) is 7.88. The van der Waals surface area contributed by atoms with Crippen LogP contribution >= 0.6 is 0 Å². The predicted octanol–water partition coefficient (Wildman–Crippen LogP) is 2.45. The van der Waals surface area contributed by atoms with Gasteiger partial charge in [0.1, 0.15) is 5.75 Å². The van der Waals surface area contributed by atoms with Gasteiger partial charge in [0.2, 0.25) is 5.91 Å². The molecule has 1 aliphatic heterocycles. The van der Waals surface area contributed by atoms with Crippen LogP contribution in [0.4, 0.5) is 0 Å². The van der Waals surface area contributed by atoms with Gasteiger partial charge in [-0.05, 0) is 49.5 Å². The fourth-order valence-corrected chi connectivity index (χ4v) is 2.48. The van der Waals surface area contributed by atoms with E-state index in [4.69, 9.17) is 4.74 Å². The number of carbonyl (C=O) groups is 1. The fraction of sp³-hybridized carbons (Fsp3) is 0.588. The monoisotopic (exact) mass is 290 g/mol. The van der Waals surface area contributed by atoms with Crippen LogP contribution in [0.1, 0.15) is 44.6 Å². The Morgan fingerprint density at radius 2 is 1.95 bits per heavy atom. The molecular weight excluding hydrogens is 264 g/mol. The lowest BCUT2D eigenvalue weighted by molar-refractivity contribution is -0.122. The zero-order valence-corrected chi connectivity index (χ0v) is 13.0. The Morgan fingerprint density at radius 3 is 2.57 bits per heavy atom. The summed E-state index contributed by atoms with van der Waals surface area (Å²) in [6.07, 6.45) is 2.45. The van der Waals surface area contributed by atoms with Gasteiger partial charge in [-0.2, -0.15) is 0 Å². The zero-order chi connectivity index (χ0) is 15.1. The minimum absolute atomic E-state index is 0.0840. The summed E-state index contributed by atoms with van der Waals surface area (Å²) in [6.45, 7) is 6.74. The van der Waals surface area contributed by atoms with Crippen LogP contribution in [-0.4, -0.2) is 31.6 Å². The molecule has 0 saturated carbocycles. The van der Waals surface area contributed by atoms with Crippen molar-refractivity contribution in [2.24, 2.45) is 0 Å². The maximum atomic E-state index is 11.8. The predicted molar refractivity (Wildman–Crippen MR) is 84.7 cm³/mol.